The maximum atomic E-state index is 2.33. The molecule has 0 spiro atoms. The third kappa shape index (κ3) is 6.13. The summed E-state index contributed by atoms with van der Waals surface area (Å²) in [5.41, 5.74) is 11.9. The number of hydrogen-bond acceptors (Lipinski definition) is 1. The zero-order valence-electron chi connectivity index (χ0n) is 23.3. The van der Waals surface area contributed by atoms with Crippen LogP contribution in [0.15, 0.2) is 115 Å². The Morgan fingerprint density at radius 2 is 1.15 bits per heavy atom. The van der Waals surface area contributed by atoms with Crippen LogP contribution in [0.5, 0.6) is 0 Å². The highest BCUT2D eigenvalue weighted by atomic mass is 15.1. The van der Waals surface area contributed by atoms with E-state index in [1.807, 2.05) is 0 Å². The molecule has 5 aromatic rings. The van der Waals surface area contributed by atoms with Crippen LogP contribution in [-0.2, 0) is 0 Å². The molecule has 0 radical (unpaired) electrons. The fourth-order valence-electron chi connectivity index (χ4n) is 4.98. The highest BCUT2D eigenvalue weighted by Gasteiger charge is 2.13. The van der Waals surface area contributed by atoms with Crippen molar-refractivity contribution >= 4 is 35.3 Å². The number of aryl methyl sites for hydroxylation is 3. The van der Waals surface area contributed by atoms with Crippen LogP contribution in [-0.4, -0.2) is 4.57 Å². The molecule has 4 aromatic carbocycles. The highest BCUT2D eigenvalue weighted by Crippen LogP contribution is 2.36. The zero-order chi connectivity index (χ0) is 27.2. The maximum Gasteiger partial charge on any atom is 0.0466 e. The van der Waals surface area contributed by atoms with E-state index in [0.717, 1.165) is 34.7 Å². The molecule has 0 fully saturated rings. The second-order valence-corrected chi connectivity index (χ2v) is 10.1. The topological polar surface area (TPSA) is 8.17 Å². The van der Waals surface area contributed by atoms with Gasteiger partial charge in [0.2, 0.25) is 0 Å². The van der Waals surface area contributed by atoms with Gasteiger partial charge in [-0.3, -0.25) is 0 Å². The predicted octanol–water partition coefficient (Wildman–Crippen LogP) is 10.5. The van der Waals surface area contributed by atoms with Crippen LogP contribution in [0.1, 0.15) is 47.0 Å². The summed E-state index contributed by atoms with van der Waals surface area (Å²) in [5.74, 6) is 0. The Labute approximate surface area is 233 Å². The average molecular weight is 509 g/mol. The third-order valence-corrected chi connectivity index (χ3v) is 6.83. The standard InChI is InChI=1S/C37H36N2/c1-5-6-10-33-23-24-36(38(33)32-11-8-7-9-12-32)22-17-31-15-20-35(21-16-31)39(34-18-13-28(2)14-19-34)37-26-29(3)25-30(4)27-37/h6-27H,5H2,1-4H3/b10-6-,22-17-. The Balaban J connectivity index is 1.48. The quantitative estimate of drug-likeness (QED) is 0.202. The Hall–Kier alpha value is -4.56. The van der Waals surface area contributed by atoms with Crippen LogP contribution in [0.25, 0.3) is 23.9 Å². The van der Waals surface area contributed by atoms with E-state index in [0.29, 0.717) is 0 Å². The molecule has 0 N–H and O–H groups in total. The van der Waals surface area contributed by atoms with Gasteiger partial charge in [0, 0.05) is 34.1 Å². The van der Waals surface area contributed by atoms with Crippen molar-refractivity contribution in [1.29, 1.82) is 0 Å². The number of anilines is 3. The van der Waals surface area contributed by atoms with Crippen molar-refractivity contribution in [2.24, 2.45) is 0 Å². The molecule has 0 saturated heterocycles. The van der Waals surface area contributed by atoms with Crippen molar-refractivity contribution in [3.63, 3.8) is 0 Å². The lowest BCUT2D eigenvalue weighted by Gasteiger charge is -2.26. The molecule has 5 rings (SSSR count). The summed E-state index contributed by atoms with van der Waals surface area (Å²) in [6.45, 7) is 8.61. The number of para-hydroxylation sites is 1. The number of benzene rings is 4. The zero-order valence-corrected chi connectivity index (χ0v) is 23.3. The summed E-state index contributed by atoms with van der Waals surface area (Å²) in [4.78, 5) is 2.33. The Morgan fingerprint density at radius 3 is 1.77 bits per heavy atom. The molecule has 2 heteroatoms. The SMILES string of the molecule is CC/C=C\c1ccc(/C=C\c2ccc(N(c3ccc(C)cc3)c3cc(C)cc(C)c3)cc2)n1-c1ccccc1. The molecular weight excluding hydrogens is 472 g/mol. The first-order chi connectivity index (χ1) is 19.0. The fourth-order valence-corrected chi connectivity index (χ4v) is 4.98. The highest BCUT2D eigenvalue weighted by molar-refractivity contribution is 5.79. The van der Waals surface area contributed by atoms with Gasteiger partial charge in [-0.15, -0.1) is 0 Å². The lowest BCUT2D eigenvalue weighted by Crippen LogP contribution is -2.10. The van der Waals surface area contributed by atoms with Gasteiger partial charge in [0.15, 0.2) is 0 Å². The molecule has 0 amide bonds. The van der Waals surface area contributed by atoms with Gasteiger partial charge in [0.25, 0.3) is 0 Å². The van der Waals surface area contributed by atoms with Gasteiger partial charge in [0.1, 0.15) is 0 Å². The van der Waals surface area contributed by atoms with E-state index in [2.05, 4.69) is 171 Å². The van der Waals surface area contributed by atoms with Crippen molar-refractivity contribution < 1.29 is 0 Å². The second kappa shape index (κ2) is 11.9. The molecule has 0 unspecified atom stereocenters. The van der Waals surface area contributed by atoms with Crippen molar-refractivity contribution in [2.75, 3.05) is 4.90 Å². The minimum Gasteiger partial charge on any atom is -0.311 e. The molecule has 0 saturated carbocycles. The normalized spacial score (nSPS) is 11.5. The third-order valence-electron chi connectivity index (χ3n) is 6.83. The van der Waals surface area contributed by atoms with Crippen LogP contribution >= 0.6 is 0 Å². The number of hydrogen-bond donors (Lipinski definition) is 0. The summed E-state index contributed by atoms with van der Waals surface area (Å²) in [7, 11) is 0. The minimum atomic E-state index is 1.01. The smallest absolute Gasteiger partial charge is 0.0466 e. The monoisotopic (exact) mass is 508 g/mol. The molecule has 1 aromatic heterocycles. The van der Waals surface area contributed by atoms with Crippen molar-refractivity contribution in [3.8, 4) is 5.69 Å². The van der Waals surface area contributed by atoms with Gasteiger partial charge < -0.3 is 9.47 Å². The molecule has 2 nitrogen and oxygen atoms in total. The molecule has 1 heterocycles. The maximum absolute atomic E-state index is 2.33. The van der Waals surface area contributed by atoms with Gasteiger partial charge >= 0.3 is 0 Å². The number of aromatic nitrogens is 1. The van der Waals surface area contributed by atoms with E-state index in [-0.39, 0.29) is 0 Å². The van der Waals surface area contributed by atoms with Crippen molar-refractivity contribution in [3.05, 3.63) is 149 Å². The van der Waals surface area contributed by atoms with E-state index in [1.165, 1.54) is 28.1 Å². The van der Waals surface area contributed by atoms with Crippen LogP contribution in [0.4, 0.5) is 17.1 Å². The summed E-state index contributed by atoms with van der Waals surface area (Å²) in [5, 5.41) is 0. The lowest BCUT2D eigenvalue weighted by atomic mass is 10.1. The molecule has 0 atom stereocenters. The first kappa shape index (κ1) is 26.1. The van der Waals surface area contributed by atoms with Crippen molar-refractivity contribution in [2.45, 2.75) is 34.1 Å². The summed E-state index contributed by atoms with van der Waals surface area (Å²) in [6, 6.07) is 39.2. The fraction of sp³-hybridized carbons (Fsp3) is 0.135. The van der Waals surface area contributed by atoms with Gasteiger partial charge in [0.05, 0.1) is 0 Å². The number of nitrogens with zero attached hydrogens (tertiary/aromatic N) is 2. The van der Waals surface area contributed by atoms with Crippen LogP contribution < -0.4 is 4.90 Å². The molecule has 0 aliphatic rings. The Kier molecular flexibility index (Phi) is 7.94. The number of allylic oxidation sites excluding steroid dienone is 1. The van der Waals surface area contributed by atoms with Crippen molar-refractivity contribution in [1.82, 2.24) is 4.57 Å². The predicted molar refractivity (Wildman–Crippen MR) is 169 cm³/mol. The lowest BCUT2D eigenvalue weighted by molar-refractivity contribution is 1.04. The van der Waals surface area contributed by atoms with Crippen LogP contribution in [0, 0.1) is 20.8 Å². The molecule has 0 bridgehead atoms. The van der Waals surface area contributed by atoms with E-state index < -0.39 is 0 Å². The Morgan fingerprint density at radius 1 is 0.564 bits per heavy atom. The molecular formula is C37H36N2. The molecule has 0 aliphatic carbocycles. The summed E-state index contributed by atoms with van der Waals surface area (Å²) < 4.78 is 2.30. The molecule has 194 valence electrons. The summed E-state index contributed by atoms with van der Waals surface area (Å²) in [6.07, 6.45) is 9.81. The second-order valence-electron chi connectivity index (χ2n) is 10.1. The van der Waals surface area contributed by atoms with E-state index in [1.54, 1.807) is 0 Å². The minimum absolute atomic E-state index is 1.01. The summed E-state index contributed by atoms with van der Waals surface area (Å²) >= 11 is 0. The largest absolute Gasteiger partial charge is 0.311 e. The first-order valence-corrected chi connectivity index (χ1v) is 13.7. The first-order valence-electron chi connectivity index (χ1n) is 13.7. The molecule has 0 aliphatic heterocycles. The van der Waals surface area contributed by atoms with E-state index in [9.17, 15) is 0 Å². The van der Waals surface area contributed by atoms with Gasteiger partial charge in [-0.2, -0.15) is 0 Å². The van der Waals surface area contributed by atoms with Crippen LogP contribution in [0.2, 0.25) is 0 Å². The Bertz CT molecular complexity index is 1560. The van der Waals surface area contributed by atoms with Crippen LogP contribution in [0.3, 0.4) is 0 Å². The van der Waals surface area contributed by atoms with E-state index >= 15 is 0 Å². The van der Waals surface area contributed by atoms with Gasteiger partial charge in [-0.25, -0.2) is 0 Å². The number of rotatable bonds is 8. The van der Waals surface area contributed by atoms with Gasteiger partial charge in [-0.1, -0.05) is 73.2 Å². The molecule has 39 heavy (non-hydrogen) atoms. The van der Waals surface area contributed by atoms with Gasteiger partial charge in [-0.05, 0) is 117 Å². The average Bonchev–Trinajstić information content (AvgIpc) is 3.35. The van der Waals surface area contributed by atoms with E-state index in [4.69, 9.17) is 0 Å².